The van der Waals surface area contributed by atoms with Gasteiger partial charge in [0.25, 0.3) is 11.8 Å². The van der Waals surface area contributed by atoms with Crippen LogP contribution in [0.3, 0.4) is 0 Å². The van der Waals surface area contributed by atoms with Crippen molar-refractivity contribution in [3.05, 3.63) is 58.7 Å². The van der Waals surface area contributed by atoms with E-state index in [1.807, 2.05) is 18.2 Å². The molecule has 2 aromatic carbocycles. The number of nitrogens with zero attached hydrogens (tertiary/aromatic N) is 2. The Hall–Kier alpha value is -3.68. The topological polar surface area (TPSA) is 113 Å². The number of nitrogens with two attached hydrogens (primary N) is 1. The third-order valence-electron chi connectivity index (χ3n) is 6.30. The number of piperidine rings is 1. The molecule has 8 heteroatoms. The number of imide groups is 1. The second kappa shape index (κ2) is 7.23. The molecule has 0 aliphatic carbocycles. The first-order valence-corrected chi connectivity index (χ1v) is 10.4. The molecule has 1 saturated heterocycles. The van der Waals surface area contributed by atoms with E-state index in [2.05, 4.69) is 5.32 Å². The number of nitrogen functional groups attached to an aromatic ring is 1. The van der Waals surface area contributed by atoms with Crippen molar-refractivity contribution in [2.45, 2.75) is 38.3 Å². The molecule has 158 valence electrons. The zero-order valence-corrected chi connectivity index (χ0v) is 16.9. The van der Waals surface area contributed by atoms with E-state index in [9.17, 15) is 19.2 Å². The normalized spacial score (nSPS) is 20.4. The number of rotatable bonds is 2. The Kier molecular flexibility index (Phi) is 4.50. The molecule has 0 radical (unpaired) electrons. The van der Waals surface area contributed by atoms with Crippen LogP contribution < -0.4 is 16.0 Å². The van der Waals surface area contributed by atoms with E-state index in [0.717, 1.165) is 24.1 Å². The highest BCUT2D eigenvalue weighted by molar-refractivity contribution is 6.09. The summed E-state index contributed by atoms with van der Waals surface area (Å²) >= 11 is 0. The van der Waals surface area contributed by atoms with Crippen LogP contribution in [0.2, 0.25) is 0 Å². The molecular weight excluding hydrogens is 396 g/mol. The van der Waals surface area contributed by atoms with Gasteiger partial charge in [-0.1, -0.05) is 6.07 Å². The monoisotopic (exact) mass is 418 g/mol. The number of nitrogens with one attached hydrogen (secondary N) is 1. The van der Waals surface area contributed by atoms with Crippen LogP contribution in [-0.2, 0) is 22.6 Å². The zero-order valence-electron chi connectivity index (χ0n) is 16.9. The van der Waals surface area contributed by atoms with Gasteiger partial charge in [-0.3, -0.25) is 24.5 Å². The first-order chi connectivity index (χ1) is 14.9. The highest BCUT2D eigenvalue weighted by Gasteiger charge is 2.39. The fraction of sp³-hybridized carbons (Fsp3) is 0.304. The van der Waals surface area contributed by atoms with Crippen molar-refractivity contribution in [3.8, 4) is 0 Å². The minimum absolute atomic E-state index is 0.138. The number of fused-ring (bicyclic) bond motifs is 2. The lowest BCUT2D eigenvalue weighted by molar-refractivity contribution is -0.136. The fourth-order valence-corrected chi connectivity index (χ4v) is 4.73. The summed E-state index contributed by atoms with van der Waals surface area (Å²) in [4.78, 5) is 53.0. The molecule has 8 nitrogen and oxygen atoms in total. The largest absolute Gasteiger partial charge is 0.398 e. The Bertz CT molecular complexity index is 1140. The Morgan fingerprint density at radius 3 is 2.74 bits per heavy atom. The minimum atomic E-state index is -0.673. The van der Waals surface area contributed by atoms with E-state index < -0.39 is 11.9 Å². The van der Waals surface area contributed by atoms with Crippen LogP contribution in [0.15, 0.2) is 36.4 Å². The van der Waals surface area contributed by atoms with Crippen LogP contribution in [0.5, 0.6) is 0 Å². The van der Waals surface area contributed by atoms with E-state index in [0.29, 0.717) is 35.3 Å². The molecule has 3 heterocycles. The first kappa shape index (κ1) is 19.3. The molecule has 1 fully saturated rings. The number of hydrogen-bond acceptors (Lipinski definition) is 5. The molecule has 0 spiro atoms. The van der Waals surface area contributed by atoms with Gasteiger partial charge in [0.05, 0.1) is 0 Å². The molecule has 4 amide bonds. The molecule has 0 saturated carbocycles. The predicted octanol–water partition coefficient (Wildman–Crippen LogP) is 1.62. The van der Waals surface area contributed by atoms with Crippen LogP contribution >= 0.6 is 0 Å². The molecular formula is C23H22N4O4. The summed E-state index contributed by atoms with van der Waals surface area (Å²) in [6, 6.07) is 9.98. The zero-order chi connectivity index (χ0) is 21.7. The summed E-state index contributed by atoms with van der Waals surface area (Å²) in [6.07, 6.45) is 2.19. The third-order valence-corrected chi connectivity index (χ3v) is 6.30. The standard InChI is InChI=1S/C23H22N4O4/c24-17-4-1-5-18-16(17)3-2-10-26(18)22(30)13-6-7-15-14(11-13)12-27(23(15)31)19-8-9-20(28)25-21(19)29/h1,4-7,11,19H,2-3,8-10,12,24H2,(H,25,28,29). The van der Waals surface area contributed by atoms with Crippen molar-refractivity contribution < 1.29 is 19.2 Å². The number of carbonyl (C=O) groups is 4. The number of amides is 4. The number of anilines is 2. The molecule has 2 aromatic rings. The fourth-order valence-electron chi connectivity index (χ4n) is 4.73. The van der Waals surface area contributed by atoms with E-state index in [1.54, 1.807) is 23.1 Å². The van der Waals surface area contributed by atoms with Crippen molar-refractivity contribution >= 4 is 35.0 Å². The van der Waals surface area contributed by atoms with Gasteiger partial charge in [-0.05, 0) is 60.7 Å². The summed E-state index contributed by atoms with van der Waals surface area (Å²) in [6.45, 7) is 0.846. The van der Waals surface area contributed by atoms with Crippen molar-refractivity contribution in [3.63, 3.8) is 0 Å². The van der Waals surface area contributed by atoms with Crippen molar-refractivity contribution in [1.82, 2.24) is 10.2 Å². The first-order valence-electron chi connectivity index (χ1n) is 10.4. The minimum Gasteiger partial charge on any atom is -0.398 e. The summed E-state index contributed by atoms with van der Waals surface area (Å²) < 4.78 is 0. The smallest absolute Gasteiger partial charge is 0.258 e. The maximum Gasteiger partial charge on any atom is 0.258 e. The van der Waals surface area contributed by atoms with E-state index in [-0.39, 0.29) is 30.7 Å². The Labute approximate surface area is 179 Å². The van der Waals surface area contributed by atoms with Gasteiger partial charge in [0.1, 0.15) is 6.04 Å². The van der Waals surface area contributed by atoms with Crippen molar-refractivity contribution in [2.75, 3.05) is 17.2 Å². The maximum absolute atomic E-state index is 13.3. The van der Waals surface area contributed by atoms with E-state index in [1.165, 1.54) is 4.90 Å². The lowest BCUT2D eigenvalue weighted by atomic mass is 9.98. The van der Waals surface area contributed by atoms with Gasteiger partial charge >= 0.3 is 0 Å². The molecule has 31 heavy (non-hydrogen) atoms. The van der Waals surface area contributed by atoms with Gasteiger partial charge in [0.15, 0.2) is 0 Å². The summed E-state index contributed by atoms with van der Waals surface area (Å²) in [5.74, 6) is -1.15. The summed E-state index contributed by atoms with van der Waals surface area (Å²) in [5.41, 5.74) is 10.3. The lowest BCUT2D eigenvalue weighted by Gasteiger charge is -2.30. The van der Waals surface area contributed by atoms with Gasteiger partial charge in [0, 0.05) is 42.0 Å². The van der Waals surface area contributed by atoms with Crippen LogP contribution in [-0.4, -0.2) is 41.1 Å². The van der Waals surface area contributed by atoms with E-state index in [4.69, 9.17) is 5.73 Å². The molecule has 0 bridgehead atoms. The van der Waals surface area contributed by atoms with Crippen molar-refractivity contribution in [2.24, 2.45) is 0 Å². The van der Waals surface area contributed by atoms with Crippen LogP contribution in [0, 0.1) is 0 Å². The predicted molar refractivity (Wildman–Crippen MR) is 113 cm³/mol. The van der Waals surface area contributed by atoms with Gasteiger partial charge in [-0.2, -0.15) is 0 Å². The van der Waals surface area contributed by atoms with Gasteiger partial charge in [-0.25, -0.2) is 0 Å². The quantitative estimate of drug-likeness (QED) is 0.569. The molecule has 0 aromatic heterocycles. The second-order valence-corrected chi connectivity index (χ2v) is 8.18. The van der Waals surface area contributed by atoms with E-state index >= 15 is 0 Å². The van der Waals surface area contributed by atoms with Crippen LogP contribution in [0.25, 0.3) is 0 Å². The van der Waals surface area contributed by atoms with Gasteiger partial charge in [0.2, 0.25) is 11.8 Å². The number of carbonyl (C=O) groups excluding carboxylic acids is 4. The summed E-state index contributed by atoms with van der Waals surface area (Å²) in [5, 5.41) is 2.30. The summed E-state index contributed by atoms with van der Waals surface area (Å²) in [7, 11) is 0. The Balaban J connectivity index is 1.41. The second-order valence-electron chi connectivity index (χ2n) is 8.18. The molecule has 3 aliphatic heterocycles. The van der Waals surface area contributed by atoms with Crippen LogP contribution in [0.4, 0.5) is 11.4 Å². The molecule has 3 aliphatic rings. The molecule has 5 rings (SSSR count). The maximum atomic E-state index is 13.3. The number of benzene rings is 2. The Morgan fingerprint density at radius 2 is 1.94 bits per heavy atom. The average Bonchev–Trinajstić information content (AvgIpc) is 3.09. The molecule has 1 atom stereocenters. The average molecular weight is 418 g/mol. The van der Waals surface area contributed by atoms with Crippen LogP contribution in [0.1, 0.15) is 51.1 Å². The molecule has 1 unspecified atom stereocenters. The van der Waals surface area contributed by atoms with Crippen molar-refractivity contribution in [1.29, 1.82) is 0 Å². The van der Waals surface area contributed by atoms with Gasteiger partial charge < -0.3 is 15.5 Å². The lowest BCUT2D eigenvalue weighted by Crippen LogP contribution is -2.52. The SMILES string of the molecule is Nc1cccc2c1CCCN2C(=O)c1ccc2c(c1)CN(C1CCC(=O)NC1=O)C2=O. The highest BCUT2D eigenvalue weighted by Crippen LogP contribution is 2.33. The highest BCUT2D eigenvalue weighted by atomic mass is 16.2. The van der Waals surface area contributed by atoms with Gasteiger partial charge in [-0.15, -0.1) is 0 Å². The Morgan fingerprint density at radius 1 is 1.10 bits per heavy atom. The number of hydrogen-bond donors (Lipinski definition) is 2. The molecule has 3 N–H and O–H groups in total. The third kappa shape index (κ3) is 3.15.